The molecule has 0 aromatic heterocycles. The fraction of sp³-hybridized carbons (Fsp3) is 0.600. The predicted molar refractivity (Wildman–Crippen MR) is 140 cm³/mol. The van der Waals surface area contributed by atoms with Crippen molar-refractivity contribution in [2.24, 2.45) is 0 Å². The van der Waals surface area contributed by atoms with E-state index in [1.807, 2.05) is 19.9 Å². The molecule has 0 fully saturated rings. The molecule has 1 atom stereocenters. The Hall–Kier alpha value is -2.13. The van der Waals surface area contributed by atoms with Crippen LogP contribution in [0.1, 0.15) is 40.4 Å². The van der Waals surface area contributed by atoms with Gasteiger partial charge >= 0.3 is 19.5 Å². The van der Waals surface area contributed by atoms with E-state index in [-0.39, 0.29) is 13.0 Å². The second kappa shape index (κ2) is 12.4. The zero-order chi connectivity index (χ0) is 27.3. The van der Waals surface area contributed by atoms with Crippen molar-refractivity contribution in [3.05, 3.63) is 33.9 Å². The maximum Gasteiger partial charge on any atom is 0.344 e. The summed E-state index contributed by atoms with van der Waals surface area (Å²) in [6.07, 6.45) is 2.35. The number of benzene rings is 1. The van der Waals surface area contributed by atoms with Gasteiger partial charge in [-0.3, -0.25) is 9.36 Å². The number of hydrogen-bond donors (Lipinski definition) is 0. The number of carbonyl (C=O) groups is 2. The summed E-state index contributed by atoms with van der Waals surface area (Å²) in [5.41, 5.74) is 2.42. The number of ether oxygens (including phenoxy) is 4. The molecule has 2 rings (SSSR count). The first-order valence-electron chi connectivity index (χ1n) is 11.8. The number of fused-ring (bicyclic) bond motifs is 1. The van der Waals surface area contributed by atoms with Crippen LogP contribution in [0.5, 0.6) is 11.5 Å². The summed E-state index contributed by atoms with van der Waals surface area (Å²) in [7, 11) is 0.188. The fourth-order valence-electron chi connectivity index (χ4n) is 4.08. The fourth-order valence-corrected chi connectivity index (χ4v) is 6.33. The van der Waals surface area contributed by atoms with E-state index in [4.69, 9.17) is 28.0 Å². The number of rotatable bonds is 13. The second-order valence-corrected chi connectivity index (χ2v) is 18.0. The molecule has 1 aliphatic heterocycles. The highest BCUT2D eigenvalue weighted by molar-refractivity contribution is 7.55. The van der Waals surface area contributed by atoms with Gasteiger partial charge in [-0.05, 0) is 38.3 Å². The van der Waals surface area contributed by atoms with Gasteiger partial charge in [0.25, 0.3) is 0 Å². The maximum absolute atomic E-state index is 13.0. The van der Waals surface area contributed by atoms with Crippen molar-refractivity contribution < 1.29 is 42.1 Å². The summed E-state index contributed by atoms with van der Waals surface area (Å²) in [6.45, 7) is 11.1. The predicted octanol–water partition coefficient (Wildman–Crippen LogP) is 5.30. The maximum atomic E-state index is 13.0. The summed E-state index contributed by atoms with van der Waals surface area (Å²) in [5, 5.41) is 0. The van der Waals surface area contributed by atoms with Crippen LogP contribution in [0.3, 0.4) is 0 Å². The third kappa shape index (κ3) is 6.79. The van der Waals surface area contributed by atoms with E-state index in [2.05, 4.69) is 19.6 Å². The molecule has 11 heteroatoms. The Labute approximate surface area is 215 Å². The molecule has 0 bridgehead atoms. The topological polar surface area (TPSA) is 107 Å². The highest BCUT2D eigenvalue weighted by Gasteiger charge is 2.41. The van der Waals surface area contributed by atoms with Gasteiger partial charge in [0.2, 0.25) is 0 Å². The first-order chi connectivity index (χ1) is 16.8. The van der Waals surface area contributed by atoms with Crippen molar-refractivity contribution in [1.29, 1.82) is 0 Å². The van der Waals surface area contributed by atoms with Crippen LogP contribution >= 0.6 is 7.60 Å². The minimum atomic E-state index is -3.72. The molecular formula is C25H39O9PSi. The van der Waals surface area contributed by atoms with Gasteiger partial charge in [-0.2, -0.15) is 0 Å². The van der Waals surface area contributed by atoms with Gasteiger partial charge in [0.15, 0.2) is 5.66 Å². The highest BCUT2D eigenvalue weighted by Crippen LogP contribution is 2.54. The van der Waals surface area contributed by atoms with Crippen LogP contribution in [-0.2, 0) is 40.9 Å². The molecule has 0 aliphatic carbocycles. The molecule has 0 saturated carbocycles. The molecular weight excluding hydrogens is 503 g/mol. The van der Waals surface area contributed by atoms with Gasteiger partial charge in [-0.25, -0.2) is 4.79 Å². The smallest absolute Gasteiger partial charge is 0.344 e. The van der Waals surface area contributed by atoms with E-state index in [1.165, 1.54) is 21.3 Å². The van der Waals surface area contributed by atoms with Gasteiger partial charge in [-0.15, -0.1) is 0 Å². The van der Waals surface area contributed by atoms with Crippen molar-refractivity contribution in [1.82, 2.24) is 0 Å². The molecule has 1 aromatic carbocycles. The molecule has 1 unspecified atom stereocenters. The SMILES string of the molecule is COC(=O)C(C/C(C)=C/Cc1c(OC)c(C)c2c(c1OCC[Si](C)(C)C)C(=O)OC2)P(=O)(OC)OC. The lowest BCUT2D eigenvalue weighted by atomic mass is 9.94. The van der Waals surface area contributed by atoms with Gasteiger partial charge < -0.3 is 28.0 Å². The molecule has 36 heavy (non-hydrogen) atoms. The van der Waals surface area contributed by atoms with Crippen molar-refractivity contribution >= 4 is 27.6 Å². The molecule has 0 amide bonds. The van der Waals surface area contributed by atoms with Crippen LogP contribution in [0.25, 0.3) is 0 Å². The Morgan fingerprint density at radius 3 is 2.31 bits per heavy atom. The first kappa shape index (κ1) is 30.1. The van der Waals surface area contributed by atoms with Crippen LogP contribution in [0.2, 0.25) is 25.7 Å². The molecule has 1 heterocycles. The number of cyclic esters (lactones) is 1. The average molecular weight is 543 g/mol. The number of allylic oxidation sites excluding steroid dienone is 2. The van der Waals surface area contributed by atoms with E-state index in [1.54, 1.807) is 7.11 Å². The summed E-state index contributed by atoms with van der Waals surface area (Å²) < 4.78 is 45.3. The Morgan fingerprint density at radius 1 is 1.14 bits per heavy atom. The first-order valence-corrected chi connectivity index (χ1v) is 17.1. The van der Waals surface area contributed by atoms with Crippen LogP contribution in [-0.4, -0.2) is 60.7 Å². The zero-order valence-electron chi connectivity index (χ0n) is 22.8. The third-order valence-electron chi connectivity index (χ3n) is 6.26. The van der Waals surface area contributed by atoms with E-state index in [0.717, 1.165) is 28.3 Å². The molecule has 1 aliphatic rings. The Balaban J connectivity index is 2.49. The zero-order valence-corrected chi connectivity index (χ0v) is 24.7. The largest absolute Gasteiger partial charge is 0.496 e. The van der Waals surface area contributed by atoms with Gasteiger partial charge in [0.05, 0.1) is 20.8 Å². The molecule has 9 nitrogen and oxygen atoms in total. The highest BCUT2D eigenvalue weighted by atomic mass is 31.2. The molecule has 1 aromatic rings. The number of methoxy groups -OCH3 is 2. The van der Waals surface area contributed by atoms with E-state index in [9.17, 15) is 14.2 Å². The van der Waals surface area contributed by atoms with Crippen LogP contribution in [0.15, 0.2) is 11.6 Å². The molecule has 0 saturated heterocycles. The molecule has 0 spiro atoms. The van der Waals surface area contributed by atoms with Gasteiger partial charge in [-0.1, -0.05) is 31.3 Å². The second-order valence-electron chi connectivity index (χ2n) is 9.96. The number of hydrogen-bond acceptors (Lipinski definition) is 9. The van der Waals surface area contributed by atoms with Crippen molar-refractivity contribution in [3.8, 4) is 11.5 Å². The van der Waals surface area contributed by atoms with Crippen molar-refractivity contribution in [3.63, 3.8) is 0 Å². The minimum Gasteiger partial charge on any atom is -0.496 e. The molecule has 0 radical (unpaired) electrons. The van der Waals surface area contributed by atoms with Crippen LogP contribution in [0, 0.1) is 6.92 Å². The van der Waals surface area contributed by atoms with Crippen LogP contribution < -0.4 is 9.47 Å². The van der Waals surface area contributed by atoms with Gasteiger partial charge in [0.1, 0.15) is 23.7 Å². The standard InChI is InChI=1S/C25H39O9PSi/c1-16(14-20(24(26)30-4)35(28,31-5)32-6)10-11-18-22(29-3)17(2)19-15-34-25(27)21(19)23(18)33-12-13-36(7,8)9/h10,20H,11-15H2,1-9H3/b16-10+. The Morgan fingerprint density at radius 2 is 1.78 bits per heavy atom. The van der Waals surface area contributed by atoms with Crippen molar-refractivity contribution in [2.75, 3.05) is 35.0 Å². The molecule has 0 N–H and O–H groups in total. The third-order valence-corrected chi connectivity index (χ3v) is 10.1. The van der Waals surface area contributed by atoms with E-state index >= 15 is 0 Å². The van der Waals surface area contributed by atoms with E-state index in [0.29, 0.717) is 30.1 Å². The Kier molecular flexibility index (Phi) is 10.4. The van der Waals surface area contributed by atoms with E-state index < -0.39 is 33.3 Å². The summed E-state index contributed by atoms with van der Waals surface area (Å²) >= 11 is 0. The number of carbonyl (C=O) groups excluding carboxylic acids is 2. The normalized spacial score (nSPS) is 14.8. The summed E-state index contributed by atoms with van der Waals surface area (Å²) in [5.74, 6) is 0.00995. The lowest BCUT2D eigenvalue weighted by Gasteiger charge is -2.23. The van der Waals surface area contributed by atoms with Crippen molar-refractivity contribution in [2.45, 2.75) is 64.6 Å². The summed E-state index contributed by atoms with van der Waals surface area (Å²) in [6, 6.07) is 0.922. The lowest BCUT2D eigenvalue weighted by Crippen LogP contribution is -2.24. The summed E-state index contributed by atoms with van der Waals surface area (Å²) in [4.78, 5) is 25.0. The van der Waals surface area contributed by atoms with Crippen LogP contribution in [0.4, 0.5) is 0 Å². The quantitative estimate of drug-likeness (QED) is 0.142. The lowest BCUT2D eigenvalue weighted by molar-refractivity contribution is -0.140. The minimum absolute atomic E-state index is 0.103. The average Bonchev–Trinajstić information content (AvgIpc) is 3.22. The monoisotopic (exact) mass is 542 g/mol. The van der Waals surface area contributed by atoms with Gasteiger partial charge in [0, 0.05) is 33.4 Å². The Bertz CT molecular complexity index is 1050. The number of esters is 2. The molecule has 202 valence electrons.